The maximum atomic E-state index is 12.4. The highest BCUT2D eigenvalue weighted by Gasteiger charge is 2.06. The lowest BCUT2D eigenvalue weighted by molar-refractivity contribution is -0.605. The lowest BCUT2D eigenvalue weighted by Crippen LogP contribution is -2.35. The van der Waals surface area contributed by atoms with Crippen LogP contribution in [-0.2, 0) is 18.7 Å². The van der Waals surface area contributed by atoms with Crippen LogP contribution in [0.5, 0.6) is 0 Å². The molecule has 0 aliphatic carbocycles. The summed E-state index contributed by atoms with van der Waals surface area (Å²) in [4.78, 5) is 27.5. The van der Waals surface area contributed by atoms with Crippen LogP contribution in [0.4, 0.5) is 11.5 Å². The largest absolute Gasteiger partial charge is 0.619 e. The number of aryl methyl sites for hydroxylation is 2. The highest BCUT2D eigenvalue weighted by molar-refractivity contribution is 7.98. The number of nitrogens with one attached hydrogen (secondary N) is 2. The first-order chi connectivity index (χ1) is 14.0. The monoisotopic (exact) mass is 412 g/mol. The minimum absolute atomic E-state index is 0.299. The Hall–Kier alpha value is -3.00. The van der Waals surface area contributed by atoms with Gasteiger partial charge in [-0.3, -0.25) is 14.3 Å². The van der Waals surface area contributed by atoms with Gasteiger partial charge in [-0.25, -0.2) is 4.79 Å². The van der Waals surface area contributed by atoms with Gasteiger partial charge in [0.2, 0.25) is 0 Å². The molecule has 29 heavy (non-hydrogen) atoms. The lowest BCUT2D eigenvalue weighted by Gasteiger charge is -2.11. The average molecular weight is 413 g/mol. The molecule has 0 atom stereocenters. The standard InChI is InChI=1S/C21H24N4O3S/c1-3-17-11-18(7-6-15(17)2)22-19-12-20(26)25(21(27)23-19)9-10-29-14-16-5-4-8-24(28)13-16/h4-8,11-13,22H,3,9-10,14H2,1-2H3,(H,23,27). The Morgan fingerprint density at radius 3 is 2.79 bits per heavy atom. The molecule has 0 aliphatic rings. The molecule has 0 saturated heterocycles. The molecule has 0 amide bonds. The van der Waals surface area contributed by atoms with Crippen molar-refractivity contribution in [2.75, 3.05) is 11.1 Å². The van der Waals surface area contributed by atoms with E-state index in [1.54, 1.807) is 17.8 Å². The fraction of sp³-hybridized carbons (Fsp3) is 0.286. The Morgan fingerprint density at radius 2 is 2.07 bits per heavy atom. The molecular weight excluding hydrogens is 388 g/mol. The summed E-state index contributed by atoms with van der Waals surface area (Å²) in [7, 11) is 0. The summed E-state index contributed by atoms with van der Waals surface area (Å²) in [5, 5.41) is 14.4. The first-order valence-electron chi connectivity index (χ1n) is 9.42. The first-order valence-corrected chi connectivity index (χ1v) is 10.6. The number of aromatic nitrogens is 3. The van der Waals surface area contributed by atoms with E-state index in [1.807, 2.05) is 24.3 Å². The molecule has 152 valence electrons. The van der Waals surface area contributed by atoms with Crippen molar-refractivity contribution in [3.05, 3.63) is 91.5 Å². The van der Waals surface area contributed by atoms with Gasteiger partial charge in [0.25, 0.3) is 5.56 Å². The Balaban J connectivity index is 1.63. The van der Waals surface area contributed by atoms with Crippen molar-refractivity contribution < 1.29 is 4.73 Å². The van der Waals surface area contributed by atoms with Gasteiger partial charge in [-0.05, 0) is 42.7 Å². The van der Waals surface area contributed by atoms with E-state index in [4.69, 9.17) is 0 Å². The maximum Gasteiger partial charge on any atom is 0.329 e. The van der Waals surface area contributed by atoms with Crippen LogP contribution in [-0.4, -0.2) is 15.3 Å². The van der Waals surface area contributed by atoms with Crippen LogP contribution >= 0.6 is 11.8 Å². The van der Waals surface area contributed by atoms with E-state index in [9.17, 15) is 14.8 Å². The van der Waals surface area contributed by atoms with Gasteiger partial charge >= 0.3 is 5.69 Å². The van der Waals surface area contributed by atoms with Gasteiger partial charge < -0.3 is 10.5 Å². The number of rotatable bonds is 8. The average Bonchev–Trinajstić information content (AvgIpc) is 2.68. The van der Waals surface area contributed by atoms with Crippen LogP contribution in [0.1, 0.15) is 23.6 Å². The zero-order chi connectivity index (χ0) is 20.8. The van der Waals surface area contributed by atoms with Crippen molar-refractivity contribution in [2.24, 2.45) is 0 Å². The molecule has 0 radical (unpaired) electrons. The number of thioether (sulfide) groups is 1. The third-order valence-electron chi connectivity index (χ3n) is 4.59. The fourth-order valence-electron chi connectivity index (χ4n) is 3.02. The molecular formula is C21H24N4O3S. The van der Waals surface area contributed by atoms with Gasteiger partial charge in [0.05, 0.1) is 0 Å². The number of H-pyrrole nitrogens is 1. The Morgan fingerprint density at radius 1 is 1.24 bits per heavy atom. The molecule has 0 aliphatic heterocycles. The van der Waals surface area contributed by atoms with E-state index in [1.165, 1.54) is 34.2 Å². The van der Waals surface area contributed by atoms with Crippen LogP contribution in [0, 0.1) is 12.1 Å². The number of hydrogen-bond donors (Lipinski definition) is 2. The second kappa shape index (κ2) is 9.47. The van der Waals surface area contributed by atoms with Gasteiger partial charge in [-0.1, -0.05) is 13.0 Å². The SMILES string of the molecule is CCc1cc(Nc2cc(=O)n(CCSCc3ccc[n+]([O-])c3)c(=O)[nH]2)ccc1C. The van der Waals surface area contributed by atoms with Crippen molar-refractivity contribution in [1.29, 1.82) is 0 Å². The van der Waals surface area contributed by atoms with E-state index in [0.29, 0.717) is 23.9 Å². The minimum Gasteiger partial charge on any atom is -0.619 e. The van der Waals surface area contributed by atoms with Gasteiger partial charge in [0, 0.05) is 41.4 Å². The molecule has 2 N–H and O–H groups in total. The molecule has 3 aromatic rings. The van der Waals surface area contributed by atoms with Crippen molar-refractivity contribution >= 4 is 23.3 Å². The van der Waals surface area contributed by atoms with Gasteiger partial charge in [-0.15, -0.1) is 0 Å². The van der Waals surface area contributed by atoms with E-state index < -0.39 is 5.69 Å². The summed E-state index contributed by atoms with van der Waals surface area (Å²) in [5.74, 6) is 1.60. The number of anilines is 2. The topological polar surface area (TPSA) is 93.8 Å². The van der Waals surface area contributed by atoms with E-state index in [0.717, 1.165) is 22.4 Å². The smallest absolute Gasteiger partial charge is 0.329 e. The quantitative estimate of drug-likeness (QED) is 0.337. The lowest BCUT2D eigenvalue weighted by atomic mass is 10.1. The summed E-state index contributed by atoms with van der Waals surface area (Å²) in [6.07, 6.45) is 3.86. The number of hydrogen-bond acceptors (Lipinski definition) is 5. The molecule has 7 nitrogen and oxygen atoms in total. The molecule has 0 unspecified atom stereocenters. The normalized spacial score (nSPS) is 10.8. The van der Waals surface area contributed by atoms with Crippen LogP contribution < -0.4 is 21.3 Å². The van der Waals surface area contributed by atoms with Gasteiger partial charge in [-0.2, -0.15) is 16.5 Å². The second-order valence-corrected chi connectivity index (χ2v) is 7.83. The maximum absolute atomic E-state index is 12.4. The minimum atomic E-state index is -0.444. The number of aromatic amines is 1. The Bertz CT molecular complexity index is 1080. The van der Waals surface area contributed by atoms with E-state index in [2.05, 4.69) is 24.1 Å². The summed E-state index contributed by atoms with van der Waals surface area (Å²) >= 11 is 1.56. The Kier molecular flexibility index (Phi) is 6.77. The van der Waals surface area contributed by atoms with Crippen molar-refractivity contribution in [2.45, 2.75) is 32.6 Å². The summed E-state index contributed by atoms with van der Waals surface area (Å²) < 4.78 is 1.94. The van der Waals surface area contributed by atoms with Crippen LogP contribution in [0.15, 0.2) is 58.4 Å². The predicted molar refractivity (Wildman–Crippen MR) is 117 cm³/mol. The van der Waals surface area contributed by atoms with E-state index in [-0.39, 0.29) is 5.56 Å². The predicted octanol–water partition coefficient (Wildman–Crippen LogP) is 2.72. The molecule has 2 heterocycles. The van der Waals surface area contributed by atoms with E-state index >= 15 is 0 Å². The van der Waals surface area contributed by atoms with Crippen molar-refractivity contribution in [1.82, 2.24) is 9.55 Å². The summed E-state index contributed by atoms with van der Waals surface area (Å²) in [5.41, 5.74) is 3.35. The zero-order valence-corrected chi connectivity index (χ0v) is 17.3. The van der Waals surface area contributed by atoms with Gasteiger partial charge in [0.15, 0.2) is 12.4 Å². The molecule has 8 heteroatoms. The number of benzene rings is 1. The summed E-state index contributed by atoms with van der Waals surface area (Å²) in [6, 6.07) is 10.9. The third-order valence-corrected chi connectivity index (χ3v) is 5.60. The highest BCUT2D eigenvalue weighted by atomic mass is 32.2. The molecule has 1 aromatic carbocycles. The molecule has 2 aromatic heterocycles. The fourth-order valence-corrected chi connectivity index (χ4v) is 3.88. The van der Waals surface area contributed by atoms with Crippen LogP contribution in [0.2, 0.25) is 0 Å². The first kappa shape index (κ1) is 20.7. The van der Waals surface area contributed by atoms with Crippen molar-refractivity contribution in [3.8, 4) is 0 Å². The van der Waals surface area contributed by atoms with Crippen molar-refractivity contribution in [3.63, 3.8) is 0 Å². The summed E-state index contributed by atoms with van der Waals surface area (Å²) in [6.45, 7) is 4.44. The number of pyridine rings is 1. The third kappa shape index (κ3) is 5.51. The van der Waals surface area contributed by atoms with Crippen LogP contribution in [0.25, 0.3) is 0 Å². The number of nitrogens with zero attached hydrogens (tertiary/aromatic N) is 2. The van der Waals surface area contributed by atoms with Crippen LogP contribution in [0.3, 0.4) is 0 Å². The molecule has 0 bridgehead atoms. The highest BCUT2D eigenvalue weighted by Crippen LogP contribution is 2.18. The van der Waals surface area contributed by atoms with Gasteiger partial charge in [0.1, 0.15) is 5.82 Å². The molecule has 0 spiro atoms. The second-order valence-electron chi connectivity index (χ2n) is 6.72. The molecule has 0 fully saturated rings. The Labute approximate surface area is 173 Å². The zero-order valence-electron chi connectivity index (χ0n) is 16.5. The molecule has 3 rings (SSSR count). The molecule has 0 saturated carbocycles.